The van der Waals surface area contributed by atoms with Gasteiger partial charge in [0.1, 0.15) is 0 Å². The van der Waals surface area contributed by atoms with Gasteiger partial charge in [-0.2, -0.15) is 5.10 Å². The van der Waals surface area contributed by atoms with E-state index in [2.05, 4.69) is 40.4 Å². The lowest BCUT2D eigenvalue weighted by atomic mass is 10.0. The topological polar surface area (TPSA) is 73.6 Å². The molecular weight excluding hydrogens is 461 g/mol. The molecule has 3 heterocycles. The summed E-state index contributed by atoms with van der Waals surface area (Å²) in [7, 11) is 0. The summed E-state index contributed by atoms with van der Waals surface area (Å²) < 4.78 is 1.97. The molecule has 3 atom stereocenters. The molecule has 5 rings (SSSR count). The van der Waals surface area contributed by atoms with Gasteiger partial charge in [-0.15, -0.1) is 0 Å². The molecule has 0 spiro atoms. The highest BCUT2D eigenvalue weighted by Crippen LogP contribution is 2.32. The summed E-state index contributed by atoms with van der Waals surface area (Å²) in [5.41, 5.74) is 3.00. The Hall–Kier alpha value is -2.32. The fourth-order valence-corrected chi connectivity index (χ4v) is 5.31. The second-order valence-corrected chi connectivity index (χ2v) is 9.63. The fourth-order valence-electron chi connectivity index (χ4n) is 4.74. The highest BCUT2D eigenvalue weighted by molar-refractivity contribution is 6.35. The Balaban J connectivity index is 1.40. The number of hydrogen-bond acceptors (Lipinski definition) is 5. The van der Waals surface area contributed by atoms with Crippen molar-refractivity contribution in [2.75, 3.05) is 37.7 Å². The Morgan fingerprint density at radius 3 is 2.76 bits per heavy atom. The first kappa shape index (κ1) is 22.5. The first-order valence-corrected chi connectivity index (χ1v) is 12.0. The SMILES string of the molecule is C[C@H](c1ccc(Cl)cc1Cl)n1ncc2ccc(N3CCN(C(=O)[C@H]4CCN4)[C@H](CO)C3)cc21. The van der Waals surface area contributed by atoms with Gasteiger partial charge in [-0.25, -0.2) is 0 Å². The number of fused-ring (bicyclic) bond motifs is 1. The zero-order valence-electron chi connectivity index (χ0n) is 18.4. The van der Waals surface area contributed by atoms with Crippen LogP contribution < -0.4 is 10.2 Å². The maximum Gasteiger partial charge on any atom is 0.240 e. The van der Waals surface area contributed by atoms with Gasteiger partial charge in [0.25, 0.3) is 0 Å². The predicted octanol–water partition coefficient (Wildman–Crippen LogP) is 3.32. The second kappa shape index (κ2) is 9.14. The molecule has 2 aliphatic rings. The third-order valence-electron chi connectivity index (χ3n) is 6.83. The minimum absolute atomic E-state index is 0.0543. The number of halogens is 2. The summed E-state index contributed by atoms with van der Waals surface area (Å²) in [6.07, 6.45) is 2.73. The van der Waals surface area contributed by atoms with E-state index in [1.165, 1.54) is 0 Å². The maximum absolute atomic E-state index is 12.7. The number of benzene rings is 2. The van der Waals surface area contributed by atoms with E-state index < -0.39 is 0 Å². The molecule has 2 fully saturated rings. The zero-order valence-corrected chi connectivity index (χ0v) is 19.9. The van der Waals surface area contributed by atoms with E-state index in [1.54, 1.807) is 6.07 Å². The van der Waals surface area contributed by atoms with Crippen molar-refractivity contribution in [3.63, 3.8) is 0 Å². The lowest BCUT2D eigenvalue weighted by Crippen LogP contribution is -2.63. The van der Waals surface area contributed by atoms with Gasteiger partial charge in [0.2, 0.25) is 5.91 Å². The number of hydrogen-bond donors (Lipinski definition) is 2. The average molecular weight is 488 g/mol. The molecule has 0 unspecified atom stereocenters. The van der Waals surface area contributed by atoms with Crippen LogP contribution in [-0.4, -0.2) is 70.6 Å². The lowest BCUT2D eigenvalue weighted by Gasteiger charge is -2.44. The van der Waals surface area contributed by atoms with E-state index in [0.29, 0.717) is 29.7 Å². The van der Waals surface area contributed by atoms with Crippen molar-refractivity contribution in [1.29, 1.82) is 0 Å². The molecule has 2 saturated heterocycles. The minimum atomic E-state index is -0.221. The Kier molecular flexibility index (Phi) is 6.22. The molecule has 1 amide bonds. The van der Waals surface area contributed by atoms with Gasteiger partial charge in [-0.1, -0.05) is 29.3 Å². The van der Waals surface area contributed by atoms with Crippen molar-refractivity contribution in [1.82, 2.24) is 20.0 Å². The van der Waals surface area contributed by atoms with Crippen LogP contribution in [0.15, 0.2) is 42.6 Å². The lowest BCUT2D eigenvalue weighted by molar-refractivity contribution is -0.139. The number of amides is 1. The first-order chi connectivity index (χ1) is 16.0. The van der Waals surface area contributed by atoms with Crippen molar-refractivity contribution in [2.45, 2.75) is 31.5 Å². The molecule has 0 bridgehead atoms. The highest BCUT2D eigenvalue weighted by Gasteiger charge is 2.36. The summed E-state index contributed by atoms with van der Waals surface area (Å²) in [4.78, 5) is 16.8. The van der Waals surface area contributed by atoms with Gasteiger partial charge in [-0.05, 0) is 55.8 Å². The van der Waals surface area contributed by atoms with E-state index in [9.17, 15) is 9.90 Å². The summed E-state index contributed by atoms with van der Waals surface area (Å²) in [5, 5.41) is 20.1. The van der Waals surface area contributed by atoms with Gasteiger partial charge in [-0.3, -0.25) is 9.48 Å². The maximum atomic E-state index is 12.7. The van der Waals surface area contributed by atoms with E-state index in [-0.39, 0.29) is 30.6 Å². The molecule has 0 radical (unpaired) electrons. The van der Waals surface area contributed by atoms with Gasteiger partial charge < -0.3 is 20.2 Å². The molecule has 174 valence electrons. The van der Waals surface area contributed by atoms with Crippen molar-refractivity contribution in [3.05, 3.63) is 58.2 Å². The van der Waals surface area contributed by atoms with Crippen LogP contribution in [-0.2, 0) is 4.79 Å². The fraction of sp³-hybridized carbons (Fsp3) is 0.417. The number of carbonyl (C=O) groups is 1. The number of aliphatic hydroxyl groups excluding tert-OH is 1. The van der Waals surface area contributed by atoms with Crippen LogP contribution in [0.5, 0.6) is 0 Å². The number of nitrogens with zero attached hydrogens (tertiary/aromatic N) is 4. The second-order valence-electron chi connectivity index (χ2n) is 8.78. The van der Waals surface area contributed by atoms with Crippen LogP contribution in [0.4, 0.5) is 5.69 Å². The number of nitrogens with one attached hydrogen (secondary N) is 1. The first-order valence-electron chi connectivity index (χ1n) is 11.3. The molecule has 33 heavy (non-hydrogen) atoms. The molecule has 7 nitrogen and oxygen atoms in total. The number of anilines is 1. The van der Waals surface area contributed by atoms with Crippen LogP contribution in [0.2, 0.25) is 10.0 Å². The van der Waals surface area contributed by atoms with Crippen LogP contribution in [0.25, 0.3) is 10.9 Å². The van der Waals surface area contributed by atoms with Gasteiger partial charge in [0.05, 0.1) is 36.4 Å². The minimum Gasteiger partial charge on any atom is -0.394 e. The summed E-state index contributed by atoms with van der Waals surface area (Å²) in [6, 6.07) is 11.4. The summed E-state index contributed by atoms with van der Waals surface area (Å²) >= 11 is 12.5. The van der Waals surface area contributed by atoms with Gasteiger partial charge in [0, 0.05) is 40.8 Å². The van der Waals surface area contributed by atoms with E-state index in [4.69, 9.17) is 23.2 Å². The van der Waals surface area contributed by atoms with Crippen LogP contribution in [0, 0.1) is 0 Å². The largest absolute Gasteiger partial charge is 0.394 e. The summed E-state index contributed by atoms with van der Waals surface area (Å²) in [6.45, 7) is 4.79. The highest BCUT2D eigenvalue weighted by atomic mass is 35.5. The van der Waals surface area contributed by atoms with Crippen molar-refractivity contribution in [3.8, 4) is 0 Å². The molecule has 2 N–H and O–H groups in total. The smallest absolute Gasteiger partial charge is 0.240 e. The predicted molar refractivity (Wildman–Crippen MR) is 131 cm³/mol. The van der Waals surface area contributed by atoms with E-state index in [1.807, 2.05) is 27.9 Å². The van der Waals surface area contributed by atoms with Crippen molar-refractivity contribution in [2.24, 2.45) is 0 Å². The monoisotopic (exact) mass is 487 g/mol. The van der Waals surface area contributed by atoms with Crippen molar-refractivity contribution < 1.29 is 9.90 Å². The molecule has 0 aliphatic carbocycles. The molecule has 0 saturated carbocycles. The Morgan fingerprint density at radius 2 is 2.06 bits per heavy atom. The third-order valence-corrected chi connectivity index (χ3v) is 7.39. The van der Waals surface area contributed by atoms with E-state index in [0.717, 1.165) is 35.1 Å². The number of rotatable bonds is 5. The quantitative estimate of drug-likeness (QED) is 0.577. The number of aliphatic hydroxyl groups is 1. The normalized spacial score (nSPS) is 21.8. The van der Waals surface area contributed by atoms with Crippen molar-refractivity contribution >= 4 is 45.7 Å². The van der Waals surface area contributed by atoms with E-state index >= 15 is 0 Å². The number of carbonyl (C=O) groups excluding carboxylic acids is 1. The standard InChI is InChI=1S/C24H27Cl2N5O2/c1-15(20-5-3-17(25)10-21(20)26)31-23-11-18(4-2-16(23)12-28-31)29-8-9-30(19(13-29)14-32)24(33)22-6-7-27-22/h2-5,10-12,15,19,22,27,32H,6-9,13-14H2,1H3/t15-,19+,22-/m1/s1. The molecule has 2 aliphatic heterocycles. The molecule has 9 heteroatoms. The van der Waals surface area contributed by atoms with Crippen LogP contribution >= 0.6 is 23.2 Å². The number of piperazine rings is 1. The number of aromatic nitrogens is 2. The Morgan fingerprint density at radius 1 is 1.24 bits per heavy atom. The zero-order chi connectivity index (χ0) is 23.1. The molecular formula is C24H27Cl2N5O2. The average Bonchev–Trinajstić information content (AvgIpc) is 3.20. The Labute approximate surface area is 202 Å². The van der Waals surface area contributed by atoms with Crippen LogP contribution in [0.3, 0.4) is 0 Å². The Bertz CT molecular complexity index is 1180. The third kappa shape index (κ3) is 4.19. The summed E-state index contributed by atoms with van der Waals surface area (Å²) in [5.74, 6) is 0.0992. The van der Waals surface area contributed by atoms with Crippen LogP contribution in [0.1, 0.15) is 24.9 Å². The molecule has 1 aromatic heterocycles. The van der Waals surface area contributed by atoms with Gasteiger partial charge in [0.15, 0.2) is 0 Å². The van der Waals surface area contributed by atoms with Gasteiger partial charge >= 0.3 is 0 Å². The molecule has 2 aromatic carbocycles. The molecule has 3 aromatic rings.